The number of hydrogen-bond donors (Lipinski definition) is 1. The SMILES string of the molecule is O=C(NCCCCc1ccccc1)c1cccc(C2N(c3ccccn3)C(=O)CS2(=O)=O)c1. The molecule has 0 spiro atoms. The van der Waals surface area contributed by atoms with Crippen LogP contribution in [0.4, 0.5) is 5.82 Å². The molecule has 2 amide bonds. The molecule has 1 fully saturated rings. The van der Waals surface area contributed by atoms with E-state index in [4.69, 9.17) is 0 Å². The molecule has 1 saturated heterocycles. The molecule has 0 saturated carbocycles. The van der Waals surface area contributed by atoms with Crippen molar-refractivity contribution in [1.29, 1.82) is 0 Å². The zero-order chi connectivity index (χ0) is 23.3. The molecule has 1 aliphatic heterocycles. The maximum absolute atomic E-state index is 12.8. The van der Waals surface area contributed by atoms with Crippen LogP contribution in [0.2, 0.25) is 0 Å². The molecule has 4 rings (SSSR count). The Labute approximate surface area is 193 Å². The minimum Gasteiger partial charge on any atom is -0.352 e. The molecule has 1 atom stereocenters. The maximum Gasteiger partial charge on any atom is 0.251 e. The van der Waals surface area contributed by atoms with Crippen LogP contribution in [-0.4, -0.2) is 37.5 Å². The van der Waals surface area contributed by atoms with Gasteiger partial charge in [-0.25, -0.2) is 13.4 Å². The third-order valence-electron chi connectivity index (χ3n) is 5.52. The van der Waals surface area contributed by atoms with Gasteiger partial charge in [-0.2, -0.15) is 0 Å². The second kappa shape index (κ2) is 9.95. The van der Waals surface area contributed by atoms with Crippen LogP contribution in [0.1, 0.15) is 39.7 Å². The van der Waals surface area contributed by atoms with E-state index in [9.17, 15) is 18.0 Å². The normalized spacial score (nSPS) is 17.2. The Hall–Kier alpha value is -3.52. The first kappa shape index (κ1) is 22.7. The fourth-order valence-corrected chi connectivity index (χ4v) is 5.70. The lowest BCUT2D eigenvalue weighted by atomic mass is 10.1. The summed E-state index contributed by atoms with van der Waals surface area (Å²) in [5, 5.41) is 1.68. The second-order valence-electron chi connectivity index (χ2n) is 7.94. The summed E-state index contributed by atoms with van der Waals surface area (Å²) in [7, 11) is -3.78. The molecule has 0 radical (unpaired) electrons. The van der Waals surface area contributed by atoms with Crippen LogP contribution < -0.4 is 10.2 Å². The topological polar surface area (TPSA) is 96.4 Å². The molecule has 33 heavy (non-hydrogen) atoms. The smallest absolute Gasteiger partial charge is 0.251 e. The average molecular weight is 464 g/mol. The second-order valence-corrected chi connectivity index (χ2v) is 10.00. The van der Waals surface area contributed by atoms with Gasteiger partial charge in [0.1, 0.15) is 11.6 Å². The van der Waals surface area contributed by atoms with Crippen molar-refractivity contribution in [3.8, 4) is 0 Å². The van der Waals surface area contributed by atoms with Crippen molar-refractivity contribution in [1.82, 2.24) is 10.3 Å². The average Bonchev–Trinajstić information content (AvgIpc) is 3.08. The summed E-state index contributed by atoms with van der Waals surface area (Å²) in [6.07, 6.45) is 4.24. The predicted molar refractivity (Wildman–Crippen MR) is 126 cm³/mol. The van der Waals surface area contributed by atoms with Crippen molar-refractivity contribution >= 4 is 27.5 Å². The van der Waals surface area contributed by atoms with Gasteiger partial charge in [0.25, 0.3) is 5.91 Å². The maximum atomic E-state index is 12.8. The molecule has 170 valence electrons. The molecule has 7 nitrogen and oxygen atoms in total. The number of benzene rings is 2. The molecule has 3 aromatic rings. The number of rotatable bonds is 8. The number of unbranched alkanes of at least 4 members (excludes halogenated alkanes) is 1. The van der Waals surface area contributed by atoms with E-state index in [0.29, 0.717) is 17.7 Å². The van der Waals surface area contributed by atoms with E-state index in [1.807, 2.05) is 18.2 Å². The summed E-state index contributed by atoms with van der Waals surface area (Å²) >= 11 is 0. The van der Waals surface area contributed by atoms with Crippen LogP contribution in [0.5, 0.6) is 0 Å². The van der Waals surface area contributed by atoms with Crippen molar-refractivity contribution < 1.29 is 18.0 Å². The zero-order valence-corrected chi connectivity index (χ0v) is 18.9. The molecule has 0 aliphatic carbocycles. The van der Waals surface area contributed by atoms with Gasteiger partial charge in [-0.05, 0) is 54.7 Å². The quantitative estimate of drug-likeness (QED) is 0.517. The molecule has 1 aliphatic rings. The predicted octanol–water partition coefficient (Wildman–Crippen LogP) is 3.29. The van der Waals surface area contributed by atoms with E-state index < -0.39 is 26.9 Å². The summed E-state index contributed by atoms with van der Waals surface area (Å²) in [4.78, 5) is 30.5. The molecule has 2 aromatic carbocycles. The lowest BCUT2D eigenvalue weighted by Crippen LogP contribution is -2.30. The van der Waals surface area contributed by atoms with Gasteiger partial charge >= 0.3 is 0 Å². The van der Waals surface area contributed by atoms with Gasteiger partial charge in [-0.1, -0.05) is 48.5 Å². The van der Waals surface area contributed by atoms with Crippen molar-refractivity contribution in [2.24, 2.45) is 0 Å². The summed E-state index contributed by atoms with van der Waals surface area (Å²) in [5.41, 5.74) is 1.98. The number of pyridine rings is 1. The first-order chi connectivity index (χ1) is 16.0. The number of carbonyl (C=O) groups is 2. The number of amides is 2. The fraction of sp³-hybridized carbons (Fsp3) is 0.240. The van der Waals surface area contributed by atoms with Gasteiger partial charge < -0.3 is 5.32 Å². The molecule has 1 unspecified atom stereocenters. The van der Waals surface area contributed by atoms with Crippen molar-refractivity contribution in [3.05, 3.63) is 95.7 Å². The Balaban J connectivity index is 1.44. The molecular weight excluding hydrogens is 438 g/mol. The van der Waals surface area contributed by atoms with Gasteiger partial charge in [0.2, 0.25) is 5.91 Å². The Morgan fingerprint density at radius 1 is 1.00 bits per heavy atom. The lowest BCUT2D eigenvalue weighted by Gasteiger charge is -2.23. The first-order valence-electron chi connectivity index (χ1n) is 10.8. The van der Waals surface area contributed by atoms with Crippen molar-refractivity contribution in [3.63, 3.8) is 0 Å². The lowest BCUT2D eigenvalue weighted by molar-refractivity contribution is -0.115. The van der Waals surface area contributed by atoms with Gasteiger partial charge in [0, 0.05) is 18.3 Å². The highest BCUT2D eigenvalue weighted by Crippen LogP contribution is 2.36. The summed E-state index contributed by atoms with van der Waals surface area (Å²) in [6.45, 7) is 0.524. The number of aryl methyl sites for hydroxylation is 1. The standard InChI is InChI=1S/C25H25N3O4S/c29-23-18-33(31,32)25(28(23)22-14-5-7-15-26-22)21-13-8-12-20(17-21)24(30)27-16-6-4-11-19-9-2-1-3-10-19/h1-3,5,7-10,12-15,17,25H,4,6,11,16,18H2,(H,27,30). The number of nitrogens with zero attached hydrogens (tertiary/aromatic N) is 2. The summed E-state index contributed by atoms with van der Waals surface area (Å²) < 4.78 is 25.6. The molecule has 0 bridgehead atoms. The highest BCUT2D eigenvalue weighted by molar-refractivity contribution is 7.93. The fourth-order valence-electron chi connectivity index (χ4n) is 3.95. The third-order valence-corrected chi connectivity index (χ3v) is 7.33. The monoisotopic (exact) mass is 463 g/mol. The van der Waals surface area contributed by atoms with Crippen molar-refractivity contribution in [2.45, 2.75) is 24.6 Å². The largest absolute Gasteiger partial charge is 0.352 e. The zero-order valence-electron chi connectivity index (χ0n) is 18.1. The van der Waals surface area contributed by atoms with E-state index in [0.717, 1.165) is 19.3 Å². The number of aromatic nitrogens is 1. The Morgan fingerprint density at radius 2 is 1.79 bits per heavy atom. The van der Waals surface area contributed by atoms with Crippen LogP contribution in [0, 0.1) is 0 Å². The van der Waals surface area contributed by atoms with E-state index in [1.54, 1.807) is 36.4 Å². The summed E-state index contributed by atoms with van der Waals surface area (Å²) in [6, 6.07) is 21.6. The number of nitrogens with one attached hydrogen (secondary N) is 1. The van der Waals surface area contributed by atoms with E-state index >= 15 is 0 Å². The highest BCUT2D eigenvalue weighted by atomic mass is 32.2. The van der Waals surface area contributed by atoms with Crippen LogP contribution in [-0.2, 0) is 21.1 Å². The third kappa shape index (κ3) is 5.28. The van der Waals surface area contributed by atoms with Crippen LogP contribution in [0.3, 0.4) is 0 Å². The molecular formula is C25H25N3O4S. The highest BCUT2D eigenvalue weighted by Gasteiger charge is 2.46. The Bertz CT molecular complexity index is 1230. The minimum atomic E-state index is -3.78. The minimum absolute atomic E-state index is 0.266. The molecule has 1 N–H and O–H groups in total. The van der Waals surface area contributed by atoms with E-state index in [1.165, 1.54) is 22.7 Å². The van der Waals surface area contributed by atoms with Crippen molar-refractivity contribution in [2.75, 3.05) is 17.2 Å². The Morgan fingerprint density at radius 3 is 2.55 bits per heavy atom. The van der Waals surface area contributed by atoms with Gasteiger partial charge in [-0.15, -0.1) is 0 Å². The van der Waals surface area contributed by atoms with Crippen LogP contribution in [0.15, 0.2) is 79.0 Å². The number of hydrogen-bond acceptors (Lipinski definition) is 5. The molecule has 8 heteroatoms. The molecule has 2 heterocycles. The first-order valence-corrected chi connectivity index (χ1v) is 12.5. The number of carbonyl (C=O) groups excluding carboxylic acids is 2. The number of anilines is 1. The van der Waals surface area contributed by atoms with Crippen LogP contribution >= 0.6 is 0 Å². The van der Waals surface area contributed by atoms with E-state index in [-0.39, 0.29) is 11.7 Å². The van der Waals surface area contributed by atoms with Gasteiger partial charge in [0.15, 0.2) is 15.2 Å². The molecule has 1 aromatic heterocycles. The number of sulfone groups is 1. The van der Waals surface area contributed by atoms with Crippen LogP contribution in [0.25, 0.3) is 0 Å². The Kier molecular flexibility index (Phi) is 6.84. The van der Waals surface area contributed by atoms with Gasteiger partial charge in [-0.3, -0.25) is 14.5 Å². The van der Waals surface area contributed by atoms with Gasteiger partial charge in [0.05, 0.1) is 0 Å². The summed E-state index contributed by atoms with van der Waals surface area (Å²) in [5.74, 6) is -1.14. The van der Waals surface area contributed by atoms with E-state index in [2.05, 4.69) is 22.4 Å².